The summed E-state index contributed by atoms with van der Waals surface area (Å²) in [5, 5.41) is 8.96. The Labute approximate surface area is 129 Å². The lowest BCUT2D eigenvalue weighted by Gasteiger charge is -2.16. The SMILES string of the molecule is COCCOc1ccc(S(=O)(=O)N2CC[C@@H](C(=O)O)C2)cc1. The first-order chi connectivity index (χ1) is 10.4. The summed E-state index contributed by atoms with van der Waals surface area (Å²) in [7, 11) is -2.09. The first-order valence-electron chi connectivity index (χ1n) is 6.90. The van der Waals surface area contributed by atoms with Gasteiger partial charge in [0.2, 0.25) is 10.0 Å². The standard InChI is InChI=1S/C14H19NO6S/c1-20-8-9-21-12-2-4-13(5-3-12)22(18,19)15-7-6-11(10-15)14(16)17/h2-5,11H,6-10H2,1H3,(H,16,17)/t11-/m1/s1. The molecule has 7 nitrogen and oxygen atoms in total. The summed E-state index contributed by atoms with van der Waals surface area (Å²) in [5.74, 6) is -1.04. The molecule has 1 aliphatic rings. The number of hydrogen-bond acceptors (Lipinski definition) is 5. The van der Waals surface area contributed by atoms with Gasteiger partial charge < -0.3 is 14.6 Å². The van der Waals surface area contributed by atoms with E-state index >= 15 is 0 Å². The summed E-state index contributed by atoms with van der Waals surface area (Å²) in [6, 6.07) is 6.08. The number of ether oxygens (including phenoxy) is 2. The number of nitrogens with zero attached hydrogens (tertiary/aromatic N) is 1. The maximum absolute atomic E-state index is 12.4. The molecule has 8 heteroatoms. The molecule has 1 N–H and O–H groups in total. The molecular formula is C14H19NO6S. The van der Waals surface area contributed by atoms with Gasteiger partial charge in [-0.3, -0.25) is 4.79 Å². The van der Waals surface area contributed by atoms with Crippen LogP contribution in [0, 0.1) is 5.92 Å². The molecule has 1 heterocycles. The van der Waals surface area contributed by atoms with E-state index in [2.05, 4.69) is 0 Å². The Morgan fingerprint density at radius 1 is 1.32 bits per heavy atom. The first-order valence-corrected chi connectivity index (χ1v) is 8.34. The minimum absolute atomic E-state index is 0.0176. The summed E-state index contributed by atoms with van der Waals surface area (Å²) < 4.78 is 36.3. The maximum Gasteiger partial charge on any atom is 0.307 e. The molecule has 122 valence electrons. The van der Waals surface area contributed by atoms with Crippen molar-refractivity contribution in [1.82, 2.24) is 4.31 Å². The molecule has 0 saturated carbocycles. The number of methoxy groups -OCH3 is 1. The van der Waals surface area contributed by atoms with Crippen molar-refractivity contribution >= 4 is 16.0 Å². The summed E-state index contributed by atoms with van der Waals surface area (Å²) in [5.41, 5.74) is 0. The third-order valence-corrected chi connectivity index (χ3v) is 5.40. The number of rotatable bonds is 7. The van der Waals surface area contributed by atoms with Gasteiger partial charge in [0.25, 0.3) is 0 Å². The Morgan fingerprint density at radius 3 is 2.55 bits per heavy atom. The number of carboxylic acids is 1. The fourth-order valence-corrected chi connectivity index (χ4v) is 3.75. The Kier molecular flexibility index (Phi) is 5.38. The van der Waals surface area contributed by atoms with E-state index in [4.69, 9.17) is 14.6 Å². The van der Waals surface area contributed by atoms with E-state index in [1.54, 1.807) is 19.2 Å². The molecule has 1 aromatic rings. The van der Waals surface area contributed by atoms with Gasteiger partial charge in [0.05, 0.1) is 17.4 Å². The highest BCUT2D eigenvalue weighted by Gasteiger charge is 2.35. The van der Waals surface area contributed by atoms with Crippen LogP contribution in [-0.4, -0.2) is 57.2 Å². The van der Waals surface area contributed by atoms with Gasteiger partial charge in [0, 0.05) is 20.2 Å². The van der Waals surface area contributed by atoms with Crippen LogP contribution in [0.3, 0.4) is 0 Å². The van der Waals surface area contributed by atoms with Crippen molar-refractivity contribution in [3.63, 3.8) is 0 Å². The second-order valence-corrected chi connectivity index (χ2v) is 6.94. The van der Waals surface area contributed by atoms with Crippen molar-refractivity contribution < 1.29 is 27.8 Å². The summed E-state index contributed by atoms with van der Waals surface area (Å²) in [6.07, 6.45) is 0.340. The van der Waals surface area contributed by atoms with Crippen LogP contribution >= 0.6 is 0 Å². The van der Waals surface area contributed by atoms with Gasteiger partial charge in [0.1, 0.15) is 12.4 Å². The van der Waals surface area contributed by atoms with Crippen molar-refractivity contribution in [2.75, 3.05) is 33.4 Å². The molecule has 0 aromatic heterocycles. The van der Waals surface area contributed by atoms with E-state index in [1.165, 1.54) is 16.4 Å². The van der Waals surface area contributed by atoms with Crippen LogP contribution < -0.4 is 4.74 Å². The highest BCUT2D eigenvalue weighted by atomic mass is 32.2. The van der Waals surface area contributed by atoms with Gasteiger partial charge in [-0.1, -0.05) is 0 Å². The monoisotopic (exact) mass is 329 g/mol. The first kappa shape index (κ1) is 16.7. The van der Waals surface area contributed by atoms with Crippen LogP contribution in [-0.2, 0) is 19.6 Å². The average molecular weight is 329 g/mol. The highest BCUT2D eigenvalue weighted by Crippen LogP contribution is 2.25. The molecule has 1 atom stereocenters. The molecule has 1 saturated heterocycles. The second kappa shape index (κ2) is 7.08. The number of benzene rings is 1. The topological polar surface area (TPSA) is 93.1 Å². The molecular weight excluding hydrogens is 310 g/mol. The molecule has 0 amide bonds. The zero-order chi connectivity index (χ0) is 16.2. The molecule has 0 aliphatic carbocycles. The average Bonchev–Trinajstić information content (AvgIpc) is 2.99. The second-order valence-electron chi connectivity index (χ2n) is 5.00. The van der Waals surface area contributed by atoms with Gasteiger partial charge in [-0.25, -0.2) is 8.42 Å². The third-order valence-electron chi connectivity index (χ3n) is 3.52. The molecule has 22 heavy (non-hydrogen) atoms. The smallest absolute Gasteiger partial charge is 0.307 e. The molecule has 0 spiro atoms. The zero-order valence-corrected chi connectivity index (χ0v) is 13.1. The lowest BCUT2D eigenvalue weighted by Crippen LogP contribution is -2.30. The fraction of sp³-hybridized carbons (Fsp3) is 0.500. The van der Waals surface area contributed by atoms with Crippen molar-refractivity contribution in [3.8, 4) is 5.75 Å². The Morgan fingerprint density at radius 2 is 2.00 bits per heavy atom. The zero-order valence-electron chi connectivity index (χ0n) is 12.3. The summed E-state index contributed by atoms with van der Waals surface area (Å²) in [6.45, 7) is 1.08. The largest absolute Gasteiger partial charge is 0.491 e. The van der Waals surface area contributed by atoms with Gasteiger partial charge in [-0.2, -0.15) is 4.31 Å². The highest BCUT2D eigenvalue weighted by molar-refractivity contribution is 7.89. The number of hydrogen-bond donors (Lipinski definition) is 1. The van der Waals surface area contributed by atoms with Crippen LogP contribution in [0.25, 0.3) is 0 Å². The van der Waals surface area contributed by atoms with E-state index < -0.39 is 21.9 Å². The van der Waals surface area contributed by atoms with Gasteiger partial charge >= 0.3 is 5.97 Å². The molecule has 0 unspecified atom stereocenters. The summed E-state index contributed by atoms with van der Waals surface area (Å²) >= 11 is 0. The Bertz CT molecular complexity index is 613. The van der Waals surface area contributed by atoms with Gasteiger partial charge in [-0.05, 0) is 30.7 Å². The molecule has 0 bridgehead atoms. The molecule has 1 fully saturated rings. The number of carbonyl (C=O) groups is 1. The molecule has 1 aliphatic heterocycles. The predicted octanol–water partition coefficient (Wildman–Crippen LogP) is 0.807. The van der Waals surface area contributed by atoms with Crippen molar-refractivity contribution in [2.45, 2.75) is 11.3 Å². The molecule has 0 radical (unpaired) electrons. The molecule has 1 aromatic carbocycles. The van der Waals surface area contributed by atoms with E-state index in [0.29, 0.717) is 25.4 Å². The van der Waals surface area contributed by atoms with Crippen molar-refractivity contribution in [1.29, 1.82) is 0 Å². The van der Waals surface area contributed by atoms with Crippen LogP contribution in [0.2, 0.25) is 0 Å². The van der Waals surface area contributed by atoms with Crippen LogP contribution in [0.1, 0.15) is 6.42 Å². The van der Waals surface area contributed by atoms with E-state index in [9.17, 15) is 13.2 Å². The van der Waals surface area contributed by atoms with E-state index in [0.717, 1.165) is 0 Å². The van der Waals surface area contributed by atoms with Crippen LogP contribution in [0.15, 0.2) is 29.2 Å². The third kappa shape index (κ3) is 3.76. The number of carboxylic acid groups (broad SMARTS) is 1. The summed E-state index contributed by atoms with van der Waals surface area (Å²) in [4.78, 5) is 11.1. The van der Waals surface area contributed by atoms with Gasteiger partial charge in [-0.15, -0.1) is 0 Å². The van der Waals surface area contributed by atoms with Crippen LogP contribution in [0.4, 0.5) is 0 Å². The Hall–Kier alpha value is -1.64. The normalized spacial score (nSPS) is 19.2. The molecule has 2 rings (SSSR count). The Balaban J connectivity index is 2.05. The van der Waals surface area contributed by atoms with Gasteiger partial charge in [0.15, 0.2) is 0 Å². The lowest BCUT2D eigenvalue weighted by molar-refractivity contribution is -0.141. The predicted molar refractivity (Wildman–Crippen MR) is 78.3 cm³/mol. The number of sulfonamides is 1. The minimum atomic E-state index is -3.66. The minimum Gasteiger partial charge on any atom is -0.491 e. The lowest BCUT2D eigenvalue weighted by atomic mass is 10.1. The number of aliphatic carboxylic acids is 1. The van der Waals surface area contributed by atoms with Crippen molar-refractivity contribution in [3.05, 3.63) is 24.3 Å². The van der Waals surface area contributed by atoms with E-state index in [-0.39, 0.29) is 18.0 Å². The van der Waals surface area contributed by atoms with E-state index in [1.807, 2.05) is 0 Å². The fourth-order valence-electron chi connectivity index (χ4n) is 2.25. The maximum atomic E-state index is 12.4. The quantitative estimate of drug-likeness (QED) is 0.744. The van der Waals surface area contributed by atoms with Crippen LogP contribution in [0.5, 0.6) is 5.75 Å². The van der Waals surface area contributed by atoms with Crippen molar-refractivity contribution in [2.24, 2.45) is 5.92 Å².